The molecule has 0 heterocycles. The lowest BCUT2D eigenvalue weighted by atomic mass is 10.0. The van der Waals surface area contributed by atoms with Crippen molar-refractivity contribution in [1.29, 1.82) is 0 Å². The van der Waals surface area contributed by atoms with E-state index in [1.807, 2.05) is 24.3 Å². The molecule has 0 spiro atoms. The number of ketones is 1. The molecule has 0 fully saturated rings. The number of carbonyl (C=O) groups excluding carboxylic acids is 1. The van der Waals surface area contributed by atoms with Crippen LogP contribution in [-0.4, -0.2) is 5.78 Å². The normalized spacial score (nSPS) is 13.9. The lowest BCUT2D eigenvalue weighted by Crippen LogP contribution is -1.93. The van der Waals surface area contributed by atoms with E-state index in [0.29, 0.717) is 0 Å². The lowest BCUT2D eigenvalue weighted by Gasteiger charge is -1.99. The van der Waals surface area contributed by atoms with Gasteiger partial charge in [0.2, 0.25) is 0 Å². The minimum absolute atomic E-state index is 0.135. The number of hydrogen-bond donors (Lipinski definition) is 0. The van der Waals surface area contributed by atoms with Crippen LogP contribution in [0, 0.1) is 6.07 Å². The van der Waals surface area contributed by atoms with Gasteiger partial charge in [0.1, 0.15) is 0 Å². The van der Waals surface area contributed by atoms with Gasteiger partial charge in [0.15, 0.2) is 5.78 Å². The molecular weight excluding hydrogens is 148 g/mol. The van der Waals surface area contributed by atoms with Gasteiger partial charge in [-0.05, 0) is 30.5 Å². The van der Waals surface area contributed by atoms with E-state index in [2.05, 4.69) is 6.07 Å². The average molecular weight is 157 g/mol. The van der Waals surface area contributed by atoms with E-state index in [1.165, 1.54) is 5.56 Å². The van der Waals surface area contributed by atoms with Gasteiger partial charge in [0.05, 0.1) is 0 Å². The Morgan fingerprint density at radius 1 is 1.58 bits per heavy atom. The summed E-state index contributed by atoms with van der Waals surface area (Å²) in [5, 5.41) is 0. The van der Waals surface area contributed by atoms with Crippen molar-refractivity contribution in [1.82, 2.24) is 0 Å². The fourth-order valence-electron chi connectivity index (χ4n) is 1.53. The molecule has 0 unspecified atom stereocenters. The highest BCUT2D eigenvalue weighted by atomic mass is 16.1. The zero-order valence-corrected chi connectivity index (χ0v) is 6.92. The summed E-state index contributed by atoms with van der Waals surface area (Å²) in [7, 11) is 0. The molecule has 12 heavy (non-hydrogen) atoms. The van der Waals surface area contributed by atoms with Crippen molar-refractivity contribution in [3.63, 3.8) is 0 Å². The third-order valence-corrected chi connectivity index (χ3v) is 2.12. The molecule has 0 saturated heterocycles. The summed E-state index contributed by atoms with van der Waals surface area (Å²) < 4.78 is 0. The van der Waals surface area contributed by atoms with Crippen molar-refractivity contribution in [2.45, 2.75) is 13.3 Å². The maximum absolute atomic E-state index is 11.1. The van der Waals surface area contributed by atoms with Crippen molar-refractivity contribution in [2.75, 3.05) is 0 Å². The molecule has 2 rings (SSSR count). The molecule has 1 aromatic rings. The van der Waals surface area contributed by atoms with Crippen LogP contribution in [0.4, 0.5) is 0 Å². The van der Waals surface area contributed by atoms with E-state index < -0.39 is 0 Å². The van der Waals surface area contributed by atoms with Crippen LogP contribution in [0.3, 0.4) is 0 Å². The van der Waals surface area contributed by atoms with Gasteiger partial charge in [0, 0.05) is 5.57 Å². The summed E-state index contributed by atoms with van der Waals surface area (Å²) in [4.78, 5) is 11.1. The van der Waals surface area contributed by atoms with Crippen LogP contribution < -0.4 is 0 Å². The highest BCUT2D eigenvalue weighted by Crippen LogP contribution is 2.26. The molecule has 0 saturated carbocycles. The number of hydrogen-bond acceptors (Lipinski definition) is 1. The Kier molecular flexibility index (Phi) is 1.58. The van der Waals surface area contributed by atoms with Gasteiger partial charge in [-0.15, -0.1) is 0 Å². The Labute approximate surface area is 71.7 Å². The lowest BCUT2D eigenvalue weighted by molar-refractivity contribution is -0.111. The van der Waals surface area contributed by atoms with Crippen molar-refractivity contribution < 1.29 is 4.79 Å². The summed E-state index contributed by atoms with van der Waals surface area (Å²) in [5.74, 6) is 0.135. The zero-order chi connectivity index (χ0) is 8.55. The predicted molar refractivity (Wildman–Crippen MR) is 47.6 cm³/mol. The van der Waals surface area contributed by atoms with Gasteiger partial charge in [-0.2, -0.15) is 0 Å². The van der Waals surface area contributed by atoms with Gasteiger partial charge in [-0.25, -0.2) is 0 Å². The van der Waals surface area contributed by atoms with Crippen molar-refractivity contribution >= 4 is 11.4 Å². The van der Waals surface area contributed by atoms with Gasteiger partial charge in [-0.1, -0.05) is 24.3 Å². The van der Waals surface area contributed by atoms with E-state index in [4.69, 9.17) is 0 Å². The van der Waals surface area contributed by atoms with Crippen LogP contribution in [-0.2, 0) is 11.2 Å². The van der Waals surface area contributed by atoms with Crippen LogP contribution in [0.2, 0.25) is 0 Å². The summed E-state index contributed by atoms with van der Waals surface area (Å²) in [6, 6.07) is 8.93. The molecule has 0 aliphatic heterocycles. The number of benzene rings is 1. The first kappa shape index (κ1) is 7.29. The second kappa shape index (κ2) is 2.59. The molecule has 0 amide bonds. The van der Waals surface area contributed by atoms with Crippen LogP contribution in [0.15, 0.2) is 24.3 Å². The Balaban J connectivity index is 2.52. The minimum atomic E-state index is 0.135. The molecule has 0 bridgehead atoms. The molecule has 1 nitrogen and oxygen atoms in total. The van der Waals surface area contributed by atoms with E-state index >= 15 is 0 Å². The minimum Gasteiger partial charge on any atom is -0.295 e. The van der Waals surface area contributed by atoms with Crippen molar-refractivity contribution in [3.05, 3.63) is 41.5 Å². The van der Waals surface area contributed by atoms with Gasteiger partial charge in [0.25, 0.3) is 0 Å². The van der Waals surface area contributed by atoms with Crippen LogP contribution in [0.1, 0.15) is 18.1 Å². The molecule has 1 radical (unpaired) electrons. The topological polar surface area (TPSA) is 17.1 Å². The maximum Gasteiger partial charge on any atom is 0.160 e. The van der Waals surface area contributed by atoms with Crippen LogP contribution in [0.25, 0.3) is 5.57 Å². The van der Waals surface area contributed by atoms with Crippen LogP contribution in [0.5, 0.6) is 0 Å². The number of Topliss-reactive ketones (excluding diaryl/α,β-unsaturated/α-hetero) is 1. The van der Waals surface area contributed by atoms with E-state index in [-0.39, 0.29) is 5.78 Å². The highest BCUT2D eigenvalue weighted by molar-refractivity contribution is 6.20. The Morgan fingerprint density at radius 3 is 3.17 bits per heavy atom. The second-order valence-electron chi connectivity index (χ2n) is 2.95. The number of fused-ring (bicyclic) bond motifs is 1. The van der Waals surface area contributed by atoms with Gasteiger partial charge >= 0.3 is 0 Å². The largest absolute Gasteiger partial charge is 0.295 e. The Morgan fingerprint density at radius 2 is 2.42 bits per heavy atom. The summed E-state index contributed by atoms with van der Waals surface area (Å²) in [6.45, 7) is 1.60. The monoisotopic (exact) mass is 157 g/mol. The van der Waals surface area contributed by atoms with E-state index in [0.717, 1.165) is 17.6 Å². The third-order valence-electron chi connectivity index (χ3n) is 2.12. The summed E-state index contributed by atoms with van der Waals surface area (Å²) >= 11 is 0. The van der Waals surface area contributed by atoms with E-state index in [1.54, 1.807) is 6.92 Å². The molecule has 0 aromatic heterocycles. The first-order valence-electron chi connectivity index (χ1n) is 4.00. The van der Waals surface area contributed by atoms with Crippen molar-refractivity contribution in [2.24, 2.45) is 0 Å². The maximum atomic E-state index is 11.1. The number of carbonyl (C=O) groups is 1. The smallest absolute Gasteiger partial charge is 0.160 e. The fraction of sp³-hybridized carbons (Fsp3) is 0.182. The first-order chi connectivity index (χ1) is 5.79. The molecular formula is C11H9O. The van der Waals surface area contributed by atoms with Crippen LogP contribution >= 0.6 is 0 Å². The van der Waals surface area contributed by atoms with Crippen molar-refractivity contribution in [3.8, 4) is 0 Å². The average Bonchev–Trinajstić information content (AvgIpc) is 2.47. The fourth-order valence-corrected chi connectivity index (χ4v) is 1.53. The predicted octanol–water partition coefficient (Wildman–Crippen LogP) is 2.02. The number of allylic oxidation sites excluding steroid dienone is 2. The standard InChI is InChI=1S/C11H9O/c1-8(12)10-7-6-9-4-2-3-5-11(9)10/h2-4,7H,6H2,1H3. The van der Waals surface area contributed by atoms with E-state index in [9.17, 15) is 4.79 Å². The molecule has 59 valence electrons. The molecule has 0 N–H and O–H groups in total. The Bertz CT molecular complexity index is 361. The third kappa shape index (κ3) is 0.981. The second-order valence-corrected chi connectivity index (χ2v) is 2.95. The van der Waals surface area contributed by atoms with Gasteiger partial charge in [-0.3, -0.25) is 4.79 Å². The molecule has 1 aliphatic rings. The first-order valence-corrected chi connectivity index (χ1v) is 4.00. The molecule has 1 aliphatic carbocycles. The molecule has 1 heteroatoms. The molecule has 0 atom stereocenters. The summed E-state index contributed by atoms with van der Waals surface area (Å²) in [5.41, 5.74) is 3.03. The summed E-state index contributed by atoms with van der Waals surface area (Å²) in [6.07, 6.45) is 2.85. The zero-order valence-electron chi connectivity index (χ0n) is 6.92. The van der Waals surface area contributed by atoms with Gasteiger partial charge < -0.3 is 0 Å². The SMILES string of the molecule is CC(=O)C1=CCc2ccc[c]c21. The molecule has 1 aromatic carbocycles. The number of rotatable bonds is 1. The Hall–Kier alpha value is -1.37. The highest BCUT2D eigenvalue weighted by Gasteiger charge is 2.15. The quantitative estimate of drug-likeness (QED) is 0.609.